The maximum atomic E-state index is 5.01. The second-order valence-corrected chi connectivity index (χ2v) is 7.35. The van der Waals surface area contributed by atoms with Gasteiger partial charge in [0.25, 0.3) is 0 Å². The van der Waals surface area contributed by atoms with Crippen molar-refractivity contribution in [3.63, 3.8) is 0 Å². The van der Waals surface area contributed by atoms with E-state index in [1.165, 1.54) is 33.4 Å². The van der Waals surface area contributed by atoms with E-state index in [1.54, 1.807) is 0 Å². The Bertz CT molecular complexity index is 1180. The predicted octanol–water partition coefficient (Wildman–Crippen LogP) is 7.23. The highest BCUT2D eigenvalue weighted by molar-refractivity contribution is 6.17. The molecule has 0 amide bonds. The zero-order valence-corrected chi connectivity index (χ0v) is 16.3. The van der Waals surface area contributed by atoms with Crippen LogP contribution in [0.5, 0.6) is 0 Å². The van der Waals surface area contributed by atoms with Crippen LogP contribution in [-0.2, 0) is 0 Å². The summed E-state index contributed by atoms with van der Waals surface area (Å²) in [6.07, 6.45) is 2.24. The highest BCUT2D eigenvalue weighted by Crippen LogP contribution is 2.44. The number of aliphatic imine (C=N–C) groups is 1. The molecule has 138 valence electrons. The molecule has 1 aliphatic rings. The molecule has 1 heteroatoms. The molecule has 4 aromatic carbocycles. The first-order valence-corrected chi connectivity index (χ1v) is 9.91. The molecule has 0 unspecified atom stereocenters. The van der Waals surface area contributed by atoms with Gasteiger partial charge < -0.3 is 0 Å². The van der Waals surface area contributed by atoms with Crippen LogP contribution in [0.4, 0.5) is 5.69 Å². The molecule has 0 aromatic heterocycles. The summed E-state index contributed by atoms with van der Waals surface area (Å²) in [4.78, 5) is 5.01. The molecule has 1 nitrogen and oxygen atoms in total. The smallest absolute Gasteiger partial charge is 0.0715 e. The molecule has 0 saturated carbocycles. The van der Waals surface area contributed by atoms with Crippen LogP contribution in [0.2, 0.25) is 0 Å². The van der Waals surface area contributed by atoms with E-state index >= 15 is 0 Å². The molecule has 0 N–H and O–H groups in total. The van der Waals surface area contributed by atoms with E-state index in [2.05, 4.69) is 85.8 Å². The van der Waals surface area contributed by atoms with Crippen LogP contribution in [-0.4, -0.2) is 5.71 Å². The highest BCUT2D eigenvalue weighted by Gasteiger charge is 2.22. The molecule has 4 aromatic rings. The fraction of sp³-hybridized carbons (Fsp3) is 0.0357. The summed E-state index contributed by atoms with van der Waals surface area (Å²) in [7, 11) is 0. The SMILES string of the molecule is Cc1ccc(C(C=C2c3ccccc3-c3ccccc32)=Nc2ccccc2)cc1. The Morgan fingerprint density at radius 3 is 1.69 bits per heavy atom. The fourth-order valence-corrected chi connectivity index (χ4v) is 3.89. The Morgan fingerprint density at radius 2 is 1.10 bits per heavy atom. The Hall–Kier alpha value is -3.71. The van der Waals surface area contributed by atoms with Crippen LogP contribution >= 0.6 is 0 Å². The topological polar surface area (TPSA) is 12.4 Å². The van der Waals surface area contributed by atoms with Crippen molar-refractivity contribution in [2.75, 3.05) is 0 Å². The maximum absolute atomic E-state index is 5.01. The van der Waals surface area contributed by atoms with Gasteiger partial charge in [0.1, 0.15) is 0 Å². The number of nitrogens with zero attached hydrogens (tertiary/aromatic N) is 1. The van der Waals surface area contributed by atoms with Crippen LogP contribution in [0.15, 0.2) is 114 Å². The third kappa shape index (κ3) is 3.32. The summed E-state index contributed by atoms with van der Waals surface area (Å²) in [5.41, 5.74) is 10.6. The lowest BCUT2D eigenvalue weighted by atomic mass is 9.99. The van der Waals surface area contributed by atoms with Crippen LogP contribution in [0.3, 0.4) is 0 Å². The minimum atomic E-state index is 0.958. The lowest BCUT2D eigenvalue weighted by Crippen LogP contribution is -1.99. The van der Waals surface area contributed by atoms with E-state index < -0.39 is 0 Å². The minimum Gasteiger partial charge on any atom is -0.248 e. The van der Waals surface area contributed by atoms with Gasteiger partial charge in [-0.05, 0) is 53.0 Å². The molecule has 0 spiro atoms. The third-order valence-corrected chi connectivity index (χ3v) is 5.36. The van der Waals surface area contributed by atoms with Crippen molar-refractivity contribution in [3.05, 3.63) is 131 Å². The van der Waals surface area contributed by atoms with Gasteiger partial charge in [-0.1, -0.05) is 96.6 Å². The maximum Gasteiger partial charge on any atom is 0.0715 e. The lowest BCUT2D eigenvalue weighted by Gasteiger charge is -2.08. The summed E-state index contributed by atoms with van der Waals surface area (Å²) < 4.78 is 0. The molecule has 0 radical (unpaired) electrons. The molecule has 0 atom stereocenters. The van der Waals surface area contributed by atoms with Crippen molar-refractivity contribution in [1.29, 1.82) is 0 Å². The molecule has 0 heterocycles. The first-order valence-electron chi connectivity index (χ1n) is 9.91. The number of rotatable bonds is 3. The average Bonchev–Trinajstić information content (AvgIpc) is 3.09. The van der Waals surface area contributed by atoms with Gasteiger partial charge >= 0.3 is 0 Å². The predicted molar refractivity (Wildman–Crippen MR) is 123 cm³/mol. The Morgan fingerprint density at radius 1 is 0.586 bits per heavy atom. The molecular formula is C28H21N. The van der Waals surface area contributed by atoms with Crippen molar-refractivity contribution >= 4 is 17.0 Å². The standard InChI is InChI=1S/C28H21N/c1-20-15-17-21(18-16-20)28(29-22-9-3-2-4-10-22)19-27-25-13-7-5-11-23(25)24-12-6-8-14-26(24)27/h2-19H,1H3. The van der Waals surface area contributed by atoms with Gasteiger partial charge in [0.2, 0.25) is 0 Å². The van der Waals surface area contributed by atoms with Crippen LogP contribution in [0, 0.1) is 6.92 Å². The number of aryl methyl sites for hydroxylation is 1. The summed E-state index contributed by atoms with van der Waals surface area (Å²) in [6, 6.07) is 36.0. The summed E-state index contributed by atoms with van der Waals surface area (Å²) in [5, 5.41) is 0. The van der Waals surface area contributed by atoms with E-state index in [0.29, 0.717) is 0 Å². The monoisotopic (exact) mass is 371 g/mol. The van der Waals surface area contributed by atoms with Crippen molar-refractivity contribution in [1.82, 2.24) is 0 Å². The highest BCUT2D eigenvalue weighted by atomic mass is 14.7. The quantitative estimate of drug-likeness (QED) is 0.297. The van der Waals surface area contributed by atoms with Gasteiger partial charge in [0.05, 0.1) is 11.4 Å². The lowest BCUT2D eigenvalue weighted by molar-refractivity contribution is 1.45. The summed E-state index contributed by atoms with van der Waals surface area (Å²) in [5.74, 6) is 0. The van der Waals surface area contributed by atoms with Gasteiger partial charge in [0, 0.05) is 5.56 Å². The molecule has 29 heavy (non-hydrogen) atoms. The summed E-state index contributed by atoms with van der Waals surface area (Å²) in [6.45, 7) is 2.11. The number of benzene rings is 4. The molecule has 0 saturated heterocycles. The van der Waals surface area contributed by atoms with Gasteiger partial charge in [-0.3, -0.25) is 0 Å². The van der Waals surface area contributed by atoms with Gasteiger partial charge in [-0.25, -0.2) is 4.99 Å². The average molecular weight is 371 g/mol. The van der Waals surface area contributed by atoms with Gasteiger partial charge in [-0.2, -0.15) is 0 Å². The number of hydrogen-bond acceptors (Lipinski definition) is 1. The van der Waals surface area contributed by atoms with Crippen molar-refractivity contribution in [2.45, 2.75) is 6.92 Å². The zero-order valence-electron chi connectivity index (χ0n) is 16.3. The van der Waals surface area contributed by atoms with Crippen LogP contribution in [0.1, 0.15) is 22.3 Å². The molecule has 1 aliphatic carbocycles. The van der Waals surface area contributed by atoms with Crippen molar-refractivity contribution in [2.24, 2.45) is 4.99 Å². The first kappa shape index (κ1) is 17.4. The van der Waals surface area contributed by atoms with Crippen molar-refractivity contribution in [3.8, 4) is 11.1 Å². The number of allylic oxidation sites excluding steroid dienone is 1. The number of hydrogen-bond donors (Lipinski definition) is 0. The Balaban J connectivity index is 1.72. The van der Waals surface area contributed by atoms with Gasteiger partial charge in [-0.15, -0.1) is 0 Å². The Kier molecular flexibility index (Phi) is 4.42. The van der Waals surface area contributed by atoms with E-state index in [0.717, 1.165) is 17.0 Å². The van der Waals surface area contributed by atoms with Crippen LogP contribution in [0.25, 0.3) is 16.7 Å². The van der Waals surface area contributed by atoms with Gasteiger partial charge in [0.15, 0.2) is 0 Å². The molecule has 0 fully saturated rings. The van der Waals surface area contributed by atoms with E-state index in [1.807, 2.05) is 30.3 Å². The van der Waals surface area contributed by atoms with E-state index in [4.69, 9.17) is 4.99 Å². The van der Waals surface area contributed by atoms with E-state index in [9.17, 15) is 0 Å². The molecule has 0 aliphatic heterocycles. The minimum absolute atomic E-state index is 0.958. The molecule has 5 rings (SSSR count). The number of para-hydroxylation sites is 1. The zero-order chi connectivity index (χ0) is 19.6. The molecule has 0 bridgehead atoms. The number of fused-ring (bicyclic) bond motifs is 3. The Labute approximate surface area is 171 Å². The first-order chi connectivity index (χ1) is 14.3. The van der Waals surface area contributed by atoms with Crippen molar-refractivity contribution < 1.29 is 0 Å². The largest absolute Gasteiger partial charge is 0.248 e. The normalized spacial score (nSPS) is 12.4. The second-order valence-electron chi connectivity index (χ2n) is 7.35. The second kappa shape index (κ2) is 7.37. The van der Waals surface area contributed by atoms with E-state index in [-0.39, 0.29) is 0 Å². The summed E-state index contributed by atoms with van der Waals surface area (Å²) >= 11 is 0. The van der Waals surface area contributed by atoms with Crippen LogP contribution < -0.4 is 0 Å². The third-order valence-electron chi connectivity index (χ3n) is 5.36. The fourth-order valence-electron chi connectivity index (χ4n) is 3.89. The molecular weight excluding hydrogens is 350 g/mol.